The first-order valence-electron chi connectivity index (χ1n) is 6.85. The summed E-state index contributed by atoms with van der Waals surface area (Å²) in [6.45, 7) is 7.06. The van der Waals surface area contributed by atoms with Crippen molar-refractivity contribution in [1.29, 1.82) is 0 Å². The van der Waals surface area contributed by atoms with Crippen molar-refractivity contribution in [2.24, 2.45) is 0 Å². The van der Waals surface area contributed by atoms with Crippen LogP contribution in [0.2, 0.25) is 10.0 Å². The first-order valence-corrected chi connectivity index (χ1v) is 7.61. The second kappa shape index (κ2) is 6.66. The van der Waals surface area contributed by atoms with Gasteiger partial charge < -0.3 is 9.73 Å². The van der Waals surface area contributed by atoms with Crippen molar-refractivity contribution in [2.75, 3.05) is 6.54 Å². The van der Waals surface area contributed by atoms with Gasteiger partial charge in [0.25, 0.3) is 0 Å². The molecule has 1 N–H and O–H groups in total. The summed E-state index contributed by atoms with van der Waals surface area (Å²) in [4.78, 5) is 0. The van der Waals surface area contributed by atoms with Crippen LogP contribution in [0, 0.1) is 6.92 Å². The van der Waals surface area contributed by atoms with E-state index in [9.17, 15) is 0 Å². The number of furan rings is 1. The largest absolute Gasteiger partial charge is 0.459 e. The summed E-state index contributed by atoms with van der Waals surface area (Å²) in [5, 5.41) is 4.75. The van der Waals surface area contributed by atoms with Gasteiger partial charge in [0, 0.05) is 10.6 Å². The van der Waals surface area contributed by atoms with Crippen molar-refractivity contribution >= 4 is 23.2 Å². The van der Waals surface area contributed by atoms with E-state index in [0.717, 1.165) is 35.6 Å². The number of hydrogen-bond donors (Lipinski definition) is 1. The molecule has 0 saturated heterocycles. The highest BCUT2D eigenvalue weighted by molar-refractivity contribution is 6.35. The first kappa shape index (κ1) is 15.4. The number of nitrogens with one attached hydrogen (secondary N) is 1. The lowest BCUT2D eigenvalue weighted by atomic mass is 10.1. The monoisotopic (exact) mass is 311 g/mol. The third-order valence-corrected chi connectivity index (χ3v) is 4.06. The van der Waals surface area contributed by atoms with E-state index in [4.69, 9.17) is 27.6 Å². The molecule has 1 aromatic heterocycles. The fraction of sp³-hybridized carbons (Fsp3) is 0.375. The Morgan fingerprint density at radius 2 is 1.90 bits per heavy atom. The fourth-order valence-electron chi connectivity index (χ4n) is 2.21. The van der Waals surface area contributed by atoms with Gasteiger partial charge in [0.2, 0.25) is 0 Å². The topological polar surface area (TPSA) is 25.2 Å². The molecule has 0 aliphatic heterocycles. The van der Waals surface area contributed by atoms with Crippen LogP contribution in [-0.2, 0) is 0 Å². The molecule has 1 atom stereocenters. The van der Waals surface area contributed by atoms with E-state index in [0.29, 0.717) is 10.0 Å². The molecule has 0 bridgehead atoms. The lowest BCUT2D eigenvalue weighted by Gasteiger charge is -2.12. The summed E-state index contributed by atoms with van der Waals surface area (Å²) in [5.74, 6) is 1.68. The maximum absolute atomic E-state index is 6.29. The van der Waals surface area contributed by atoms with E-state index in [1.165, 1.54) is 0 Å². The van der Waals surface area contributed by atoms with Crippen LogP contribution in [-0.4, -0.2) is 6.54 Å². The van der Waals surface area contributed by atoms with Crippen LogP contribution in [0.15, 0.2) is 28.7 Å². The Bertz CT molecular complexity index is 592. The number of benzene rings is 1. The number of hydrogen-bond acceptors (Lipinski definition) is 2. The Morgan fingerprint density at radius 1 is 1.15 bits per heavy atom. The predicted molar refractivity (Wildman–Crippen MR) is 85.6 cm³/mol. The van der Waals surface area contributed by atoms with E-state index in [1.807, 2.05) is 31.2 Å². The molecule has 0 aliphatic carbocycles. The predicted octanol–water partition coefficient (Wildman–Crippen LogP) is 5.62. The Morgan fingerprint density at radius 3 is 2.55 bits per heavy atom. The molecule has 0 spiro atoms. The highest BCUT2D eigenvalue weighted by atomic mass is 35.5. The standard InChI is InChI=1S/C16H19Cl2NO/c1-4-14(19-5-2)16-7-6-15(20-16)11-9-12(17)10(3)8-13(11)18/h6-9,14,19H,4-5H2,1-3H3. The molecule has 0 aliphatic rings. The molecule has 2 nitrogen and oxygen atoms in total. The minimum absolute atomic E-state index is 0.230. The van der Waals surface area contributed by atoms with Crippen LogP contribution >= 0.6 is 23.2 Å². The highest BCUT2D eigenvalue weighted by Gasteiger charge is 2.15. The molecule has 1 aromatic carbocycles. The van der Waals surface area contributed by atoms with Crippen LogP contribution in [0.5, 0.6) is 0 Å². The van der Waals surface area contributed by atoms with Crippen LogP contribution < -0.4 is 5.32 Å². The summed E-state index contributed by atoms with van der Waals surface area (Å²) in [6, 6.07) is 7.89. The molecular weight excluding hydrogens is 293 g/mol. The smallest absolute Gasteiger partial charge is 0.135 e. The van der Waals surface area contributed by atoms with Crippen LogP contribution in [0.3, 0.4) is 0 Å². The van der Waals surface area contributed by atoms with Gasteiger partial charge in [0.15, 0.2) is 0 Å². The van der Waals surface area contributed by atoms with Crippen molar-refractivity contribution < 1.29 is 4.42 Å². The lowest BCUT2D eigenvalue weighted by Crippen LogP contribution is -2.19. The summed E-state index contributed by atoms with van der Waals surface area (Å²) < 4.78 is 5.95. The molecule has 0 amide bonds. The number of halogens is 2. The Labute approximate surface area is 130 Å². The summed E-state index contributed by atoms with van der Waals surface area (Å²) in [6.07, 6.45) is 0.975. The quantitative estimate of drug-likeness (QED) is 0.775. The third kappa shape index (κ3) is 3.20. The zero-order valence-corrected chi connectivity index (χ0v) is 13.5. The van der Waals surface area contributed by atoms with E-state index < -0.39 is 0 Å². The Hall–Kier alpha value is -0.960. The second-order valence-corrected chi connectivity index (χ2v) is 5.62. The average molecular weight is 312 g/mol. The molecule has 0 saturated carbocycles. The molecule has 1 unspecified atom stereocenters. The van der Waals surface area contributed by atoms with Gasteiger partial charge in [-0.1, -0.05) is 37.0 Å². The zero-order valence-electron chi connectivity index (χ0n) is 12.0. The van der Waals surface area contributed by atoms with Gasteiger partial charge in [-0.25, -0.2) is 0 Å². The molecule has 108 valence electrons. The van der Waals surface area contributed by atoms with Crippen LogP contribution in [0.1, 0.15) is 37.6 Å². The third-order valence-electron chi connectivity index (χ3n) is 3.34. The van der Waals surface area contributed by atoms with Gasteiger partial charge in [-0.05, 0) is 49.7 Å². The van der Waals surface area contributed by atoms with Crippen molar-refractivity contribution in [1.82, 2.24) is 5.32 Å². The molecule has 1 heterocycles. The van der Waals surface area contributed by atoms with Crippen LogP contribution in [0.4, 0.5) is 0 Å². The van der Waals surface area contributed by atoms with Crippen molar-refractivity contribution in [3.8, 4) is 11.3 Å². The second-order valence-electron chi connectivity index (χ2n) is 4.80. The molecule has 2 rings (SSSR count). The lowest BCUT2D eigenvalue weighted by molar-refractivity contribution is 0.417. The molecule has 4 heteroatoms. The molecule has 0 radical (unpaired) electrons. The minimum Gasteiger partial charge on any atom is -0.459 e. The Kier molecular flexibility index (Phi) is 5.14. The van der Waals surface area contributed by atoms with E-state index >= 15 is 0 Å². The first-order chi connectivity index (χ1) is 9.56. The summed E-state index contributed by atoms with van der Waals surface area (Å²) in [7, 11) is 0. The van der Waals surface area contributed by atoms with Gasteiger partial charge in [-0.15, -0.1) is 0 Å². The van der Waals surface area contributed by atoms with Gasteiger partial charge >= 0.3 is 0 Å². The molecule has 20 heavy (non-hydrogen) atoms. The van der Waals surface area contributed by atoms with E-state index in [-0.39, 0.29) is 6.04 Å². The van der Waals surface area contributed by atoms with E-state index in [2.05, 4.69) is 19.2 Å². The average Bonchev–Trinajstić information content (AvgIpc) is 2.89. The van der Waals surface area contributed by atoms with Gasteiger partial charge in [-0.3, -0.25) is 0 Å². The fourth-order valence-corrected chi connectivity index (χ4v) is 2.69. The van der Waals surface area contributed by atoms with Crippen LogP contribution in [0.25, 0.3) is 11.3 Å². The highest BCUT2D eigenvalue weighted by Crippen LogP contribution is 2.35. The molecule has 0 fully saturated rings. The van der Waals surface area contributed by atoms with E-state index in [1.54, 1.807) is 0 Å². The van der Waals surface area contributed by atoms with Crippen molar-refractivity contribution in [2.45, 2.75) is 33.2 Å². The minimum atomic E-state index is 0.230. The normalized spacial score (nSPS) is 12.7. The van der Waals surface area contributed by atoms with Gasteiger partial charge in [0.05, 0.1) is 11.1 Å². The molecular formula is C16H19Cl2NO. The number of aryl methyl sites for hydroxylation is 1. The number of rotatable bonds is 5. The summed E-state index contributed by atoms with van der Waals surface area (Å²) >= 11 is 12.5. The molecule has 2 aromatic rings. The maximum Gasteiger partial charge on any atom is 0.135 e. The van der Waals surface area contributed by atoms with Gasteiger partial charge in [-0.2, -0.15) is 0 Å². The Balaban J connectivity index is 2.35. The SMILES string of the molecule is CCNC(CC)c1ccc(-c2cc(Cl)c(C)cc2Cl)o1. The zero-order chi connectivity index (χ0) is 14.7. The summed E-state index contributed by atoms with van der Waals surface area (Å²) in [5.41, 5.74) is 1.80. The maximum atomic E-state index is 6.29. The van der Waals surface area contributed by atoms with Crippen molar-refractivity contribution in [3.63, 3.8) is 0 Å². The van der Waals surface area contributed by atoms with Gasteiger partial charge in [0.1, 0.15) is 11.5 Å². The van der Waals surface area contributed by atoms with Crippen molar-refractivity contribution in [3.05, 3.63) is 45.6 Å².